The van der Waals surface area contributed by atoms with E-state index in [1.54, 1.807) is 12.1 Å². The minimum Gasteiger partial charge on any atom is -0.453 e. The van der Waals surface area contributed by atoms with Crippen molar-refractivity contribution in [3.63, 3.8) is 0 Å². The molecule has 0 aliphatic rings. The van der Waals surface area contributed by atoms with E-state index in [1.165, 1.54) is 12.1 Å². The van der Waals surface area contributed by atoms with Gasteiger partial charge in [0.25, 0.3) is 5.69 Å². The minimum atomic E-state index is -0.654. The van der Waals surface area contributed by atoms with Gasteiger partial charge in [-0.25, -0.2) is 4.79 Å². The number of carbonyl (C=O) groups is 1. The van der Waals surface area contributed by atoms with Crippen molar-refractivity contribution in [2.24, 2.45) is 11.7 Å². The topological polar surface area (TPSA) is 95.5 Å². The molecule has 6 nitrogen and oxygen atoms in total. The van der Waals surface area contributed by atoms with Crippen molar-refractivity contribution in [1.29, 1.82) is 0 Å². The zero-order valence-electron chi connectivity index (χ0n) is 14.2. The van der Waals surface area contributed by atoms with E-state index in [9.17, 15) is 14.9 Å². The third kappa shape index (κ3) is 6.88. The number of nitrogens with zero attached hydrogens (tertiary/aromatic N) is 1. The van der Waals surface area contributed by atoms with Crippen molar-refractivity contribution in [2.75, 3.05) is 0 Å². The number of nitrogens with two attached hydrogens (primary N) is 1. The largest absolute Gasteiger partial charge is 0.453 e. The van der Waals surface area contributed by atoms with Crippen LogP contribution in [0.15, 0.2) is 24.3 Å². The molecule has 0 heterocycles. The van der Waals surface area contributed by atoms with Gasteiger partial charge >= 0.3 is 5.30 Å². The molecule has 1 aromatic rings. The number of ether oxygens (including phenoxy) is 1. The highest BCUT2D eigenvalue weighted by Gasteiger charge is 2.30. The average molecular weight is 353 g/mol. The first-order valence-corrected chi connectivity index (χ1v) is 8.78. The summed E-state index contributed by atoms with van der Waals surface area (Å²) < 4.78 is 5.24. The van der Waals surface area contributed by atoms with Crippen LogP contribution in [0.1, 0.15) is 45.1 Å². The number of non-ortho nitro benzene ring substituents is 1. The van der Waals surface area contributed by atoms with Gasteiger partial charge in [0.1, 0.15) is 6.61 Å². The maximum Gasteiger partial charge on any atom is 0.369 e. The lowest BCUT2D eigenvalue weighted by molar-refractivity contribution is -0.384. The molecule has 0 bridgehead atoms. The van der Waals surface area contributed by atoms with Gasteiger partial charge in [-0.2, -0.15) is 0 Å². The SMILES string of the molecule is [CH2]CC(C)CC(N)(CCC)SC(=O)OCc1ccc([N+](=O)[O-])cc1. The minimum absolute atomic E-state index is 0.00513. The number of benzene rings is 1. The number of rotatable bonds is 9. The molecule has 1 aromatic carbocycles. The van der Waals surface area contributed by atoms with Crippen LogP contribution < -0.4 is 5.73 Å². The molecule has 133 valence electrons. The smallest absolute Gasteiger partial charge is 0.369 e. The van der Waals surface area contributed by atoms with E-state index in [2.05, 4.69) is 13.8 Å². The molecule has 0 aliphatic heterocycles. The van der Waals surface area contributed by atoms with Crippen LogP contribution in [0.4, 0.5) is 10.5 Å². The normalized spacial score (nSPS) is 14.7. The van der Waals surface area contributed by atoms with E-state index >= 15 is 0 Å². The Bertz CT molecular complexity index is 550. The van der Waals surface area contributed by atoms with Gasteiger partial charge in [-0.05, 0) is 48.2 Å². The van der Waals surface area contributed by atoms with Crippen molar-refractivity contribution in [3.05, 3.63) is 46.9 Å². The molecule has 2 unspecified atom stereocenters. The third-order valence-electron chi connectivity index (χ3n) is 3.65. The van der Waals surface area contributed by atoms with Crippen LogP contribution in [-0.2, 0) is 11.3 Å². The molecule has 1 rings (SSSR count). The molecule has 0 saturated carbocycles. The molecule has 0 fully saturated rings. The van der Waals surface area contributed by atoms with Gasteiger partial charge in [0.2, 0.25) is 0 Å². The first-order valence-electron chi connectivity index (χ1n) is 7.97. The summed E-state index contributed by atoms with van der Waals surface area (Å²) in [6.45, 7) is 8.03. The lowest BCUT2D eigenvalue weighted by atomic mass is 9.96. The van der Waals surface area contributed by atoms with Crippen LogP contribution >= 0.6 is 11.8 Å². The number of nitro groups is 1. The molecule has 2 N–H and O–H groups in total. The van der Waals surface area contributed by atoms with Gasteiger partial charge < -0.3 is 10.5 Å². The van der Waals surface area contributed by atoms with Gasteiger partial charge in [-0.3, -0.25) is 10.1 Å². The van der Waals surface area contributed by atoms with Crippen LogP contribution in [0.5, 0.6) is 0 Å². The zero-order chi connectivity index (χ0) is 18.2. The fourth-order valence-corrected chi connectivity index (χ4v) is 3.49. The predicted molar refractivity (Wildman–Crippen MR) is 96.5 cm³/mol. The van der Waals surface area contributed by atoms with E-state index in [0.29, 0.717) is 24.3 Å². The van der Waals surface area contributed by atoms with Crippen LogP contribution in [0.2, 0.25) is 0 Å². The lowest BCUT2D eigenvalue weighted by Gasteiger charge is -2.29. The van der Waals surface area contributed by atoms with Crippen molar-refractivity contribution >= 4 is 22.8 Å². The van der Waals surface area contributed by atoms with E-state index in [1.807, 2.05) is 6.92 Å². The van der Waals surface area contributed by atoms with Crippen molar-refractivity contribution < 1.29 is 14.5 Å². The van der Waals surface area contributed by atoms with Gasteiger partial charge in [-0.15, -0.1) is 0 Å². The molecule has 0 saturated heterocycles. The van der Waals surface area contributed by atoms with Crippen molar-refractivity contribution in [1.82, 2.24) is 0 Å². The molecule has 2 atom stereocenters. The van der Waals surface area contributed by atoms with Crippen LogP contribution in [0.25, 0.3) is 0 Å². The summed E-state index contributed by atoms with van der Waals surface area (Å²) in [7, 11) is 0. The Labute approximate surface area is 147 Å². The monoisotopic (exact) mass is 353 g/mol. The fourth-order valence-electron chi connectivity index (χ4n) is 2.36. The van der Waals surface area contributed by atoms with E-state index in [-0.39, 0.29) is 12.3 Å². The number of hydrogen-bond donors (Lipinski definition) is 1. The maximum atomic E-state index is 12.1. The van der Waals surface area contributed by atoms with Crippen LogP contribution in [-0.4, -0.2) is 15.1 Å². The number of carbonyl (C=O) groups excluding carboxylic acids is 1. The Morgan fingerprint density at radius 2 is 2.08 bits per heavy atom. The van der Waals surface area contributed by atoms with Gasteiger partial charge in [0, 0.05) is 12.1 Å². The van der Waals surface area contributed by atoms with Crippen LogP contribution in [0, 0.1) is 23.0 Å². The number of thioether (sulfide) groups is 1. The zero-order valence-corrected chi connectivity index (χ0v) is 15.0. The summed E-state index contributed by atoms with van der Waals surface area (Å²) in [5, 5.41) is 10.2. The molecule has 0 amide bonds. The van der Waals surface area contributed by atoms with E-state index in [4.69, 9.17) is 10.5 Å². The molecule has 0 aliphatic carbocycles. The lowest BCUT2D eigenvalue weighted by Crippen LogP contribution is -2.39. The molecule has 0 spiro atoms. The Morgan fingerprint density at radius 3 is 2.58 bits per heavy atom. The number of nitro benzene ring substituents is 1. The summed E-state index contributed by atoms with van der Waals surface area (Å²) in [5.74, 6) is 0.330. The molecule has 24 heavy (non-hydrogen) atoms. The van der Waals surface area contributed by atoms with Crippen molar-refractivity contribution in [3.8, 4) is 0 Å². The summed E-state index contributed by atoms with van der Waals surface area (Å²) in [4.78, 5) is 21.6. The summed E-state index contributed by atoms with van der Waals surface area (Å²) in [5.41, 5.74) is 7.07. The first kappa shape index (κ1) is 20.4. The molecular formula is C17H25N2O4S. The molecule has 0 aromatic heterocycles. The summed E-state index contributed by atoms with van der Waals surface area (Å²) in [6.07, 6.45) is 3.06. The van der Waals surface area contributed by atoms with E-state index < -0.39 is 15.1 Å². The molecule has 7 heteroatoms. The highest BCUT2D eigenvalue weighted by atomic mass is 32.2. The Hall–Kier alpha value is -1.60. The average Bonchev–Trinajstić information content (AvgIpc) is 2.53. The number of hydrogen-bond acceptors (Lipinski definition) is 6. The predicted octanol–water partition coefficient (Wildman–Crippen LogP) is 4.67. The Morgan fingerprint density at radius 1 is 1.46 bits per heavy atom. The highest BCUT2D eigenvalue weighted by molar-refractivity contribution is 8.14. The van der Waals surface area contributed by atoms with Gasteiger partial charge in [0.05, 0.1) is 9.79 Å². The Balaban J connectivity index is 2.57. The second-order valence-electron chi connectivity index (χ2n) is 5.98. The maximum absolute atomic E-state index is 12.1. The van der Waals surface area contributed by atoms with Gasteiger partial charge in [0.15, 0.2) is 0 Å². The molecular weight excluding hydrogens is 328 g/mol. The quantitative estimate of drug-likeness (QED) is 0.300. The fraction of sp³-hybridized carbons (Fsp3) is 0.529. The molecule has 1 radical (unpaired) electrons. The van der Waals surface area contributed by atoms with E-state index in [0.717, 1.165) is 24.6 Å². The second kappa shape index (κ2) is 9.64. The summed E-state index contributed by atoms with van der Waals surface area (Å²) >= 11 is 1.02. The summed E-state index contributed by atoms with van der Waals surface area (Å²) in [6, 6.07) is 5.92. The standard InChI is InChI=1S/C17H25N2O4S/c1-4-10-17(18,11-13(3)5-2)24-16(20)23-12-14-6-8-15(9-7-14)19(21)22/h6-9,13H,2,4-5,10-12,18H2,1,3H3. The highest BCUT2D eigenvalue weighted by Crippen LogP contribution is 2.34. The van der Waals surface area contributed by atoms with Gasteiger partial charge in [-0.1, -0.05) is 33.6 Å². The third-order valence-corrected chi connectivity index (χ3v) is 4.71. The second-order valence-corrected chi connectivity index (χ2v) is 7.33. The first-order chi connectivity index (χ1) is 11.3. The Kier molecular flexibility index (Phi) is 8.21. The van der Waals surface area contributed by atoms with Crippen LogP contribution in [0.3, 0.4) is 0 Å². The van der Waals surface area contributed by atoms with Crippen molar-refractivity contribution in [2.45, 2.75) is 51.0 Å².